The number of carbonyl (C=O) groups is 1. The minimum Gasteiger partial charge on any atom is -0.342 e. The molecule has 4 heteroatoms. The van der Waals surface area contributed by atoms with Crippen LogP contribution in [0.15, 0.2) is 24.3 Å². The maximum Gasteiger partial charge on any atom is 0.251 e. The third-order valence-electron chi connectivity index (χ3n) is 2.47. The molecule has 0 aromatic heterocycles. The summed E-state index contributed by atoms with van der Waals surface area (Å²) in [4.78, 5) is 11.7. The predicted octanol–water partition coefficient (Wildman–Crippen LogP) is 2.37. The smallest absolute Gasteiger partial charge is 0.251 e. The molecular formula is C12H15FN2O. The summed E-state index contributed by atoms with van der Waals surface area (Å²) in [7, 11) is 0. The molecule has 0 aliphatic carbocycles. The lowest BCUT2D eigenvalue weighted by Gasteiger charge is -2.25. The van der Waals surface area contributed by atoms with Crippen molar-refractivity contribution < 1.29 is 9.18 Å². The van der Waals surface area contributed by atoms with Crippen LogP contribution in [0.25, 0.3) is 0 Å². The number of benzene rings is 1. The van der Waals surface area contributed by atoms with E-state index in [1.165, 1.54) is 24.3 Å². The van der Waals surface area contributed by atoms with Crippen LogP contribution in [0.1, 0.15) is 31.1 Å². The topological polar surface area (TPSA) is 53.0 Å². The van der Waals surface area contributed by atoms with E-state index in [1.807, 2.05) is 0 Å². The van der Waals surface area contributed by atoms with E-state index in [-0.39, 0.29) is 11.7 Å². The Hall–Kier alpha value is -1.71. The van der Waals surface area contributed by atoms with Crippen molar-refractivity contribution in [3.05, 3.63) is 35.6 Å². The van der Waals surface area contributed by atoms with Gasteiger partial charge in [-0.25, -0.2) is 4.39 Å². The first-order valence-corrected chi connectivity index (χ1v) is 4.96. The Labute approximate surface area is 94.2 Å². The molecule has 0 bridgehead atoms. The predicted molar refractivity (Wildman–Crippen MR) is 61.3 cm³/mol. The highest BCUT2D eigenvalue weighted by molar-refractivity contribution is 5.99. The fourth-order valence-corrected chi connectivity index (χ4v) is 1.05. The van der Waals surface area contributed by atoms with Crippen molar-refractivity contribution in [2.24, 2.45) is 0 Å². The second kappa shape index (κ2) is 4.43. The van der Waals surface area contributed by atoms with Crippen molar-refractivity contribution in [3.63, 3.8) is 0 Å². The molecule has 16 heavy (non-hydrogen) atoms. The van der Waals surface area contributed by atoms with E-state index in [0.717, 1.165) is 0 Å². The molecule has 0 fully saturated rings. The van der Waals surface area contributed by atoms with Gasteiger partial charge in [-0.15, -0.1) is 0 Å². The summed E-state index contributed by atoms with van der Waals surface area (Å²) < 4.78 is 12.7. The highest BCUT2D eigenvalue weighted by atomic mass is 19.1. The third kappa shape index (κ3) is 2.89. The summed E-state index contributed by atoms with van der Waals surface area (Å²) in [5, 5.41) is 10.2. The van der Waals surface area contributed by atoms with Crippen LogP contribution >= 0.6 is 0 Å². The lowest BCUT2D eigenvalue weighted by molar-refractivity contribution is 0.0931. The molecule has 0 aliphatic heterocycles. The van der Waals surface area contributed by atoms with Crippen molar-refractivity contribution in [2.45, 2.75) is 26.3 Å². The average molecular weight is 222 g/mol. The van der Waals surface area contributed by atoms with Crippen LogP contribution < -0.4 is 5.32 Å². The van der Waals surface area contributed by atoms with Gasteiger partial charge in [0.05, 0.1) is 5.54 Å². The second-order valence-corrected chi connectivity index (χ2v) is 4.21. The number of nitrogens with one attached hydrogen (secondary N) is 2. The van der Waals surface area contributed by atoms with E-state index in [1.54, 1.807) is 20.8 Å². The number of amides is 1. The maximum absolute atomic E-state index is 12.7. The Balaban J connectivity index is 2.81. The van der Waals surface area contributed by atoms with Crippen molar-refractivity contribution in [1.29, 1.82) is 5.41 Å². The van der Waals surface area contributed by atoms with Gasteiger partial charge in [-0.2, -0.15) is 0 Å². The highest BCUT2D eigenvalue weighted by Crippen LogP contribution is 2.08. The fraction of sp³-hybridized carbons (Fsp3) is 0.333. The number of carbonyl (C=O) groups excluding carboxylic acids is 1. The summed E-state index contributed by atoms with van der Waals surface area (Å²) in [6.45, 7) is 5.12. The largest absolute Gasteiger partial charge is 0.342 e. The molecule has 0 aliphatic rings. The monoisotopic (exact) mass is 222 g/mol. The molecule has 0 unspecified atom stereocenters. The molecule has 0 heterocycles. The molecule has 0 radical (unpaired) electrons. The zero-order valence-electron chi connectivity index (χ0n) is 9.60. The van der Waals surface area contributed by atoms with Crippen molar-refractivity contribution in [1.82, 2.24) is 5.32 Å². The Morgan fingerprint density at radius 2 is 1.81 bits per heavy atom. The summed E-state index contributed by atoms with van der Waals surface area (Å²) in [5.41, 5.74) is 0.0598. The number of rotatable bonds is 3. The van der Waals surface area contributed by atoms with Crippen LogP contribution in [-0.2, 0) is 0 Å². The molecule has 1 aromatic carbocycles. The molecule has 1 amide bonds. The SMILES string of the molecule is CC(=N)C(C)(C)NC(=O)c1ccc(F)cc1. The Bertz CT molecular complexity index is 410. The van der Waals surface area contributed by atoms with Gasteiger partial charge in [-0.1, -0.05) is 0 Å². The highest BCUT2D eigenvalue weighted by Gasteiger charge is 2.23. The standard InChI is InChI=1S/C12H15FN2O/c1-8(14)12(2,3)15-11(16)9-4-6-10(13)7-5-9/h4-7,14H,1-3H3,(H,15,16). The molecule has 0 spiro atoms. The maximum atomic E-state index is 12.7. The van der Waals surface area contributed by atoms with Crippen LogP contribution in [0, 0.1) is 11.2 Å². The number of hydrogen-bond acceptors (Lipinski definition) is 2. The van der Waals surface area contributed by atoms with Gasteiger partial charge in [-0.05, 0) is 45.0 Å². The van der Waals surface area contributed by atoms with E-state index in [4.69, 9.17) is 5.41 Å². The summed E-state index contributed by atoms with van der Waals surface area (Å²) >= 11 is 0. The molecule has 0 saturated carbocycles. The van der Waals surface area contributed by atoms with E-state index in [9.17, 15) is 9.18 Å². The fourth-order valence-electron chi connectivity index (χ4n) is 1.05. The molecular weight excluding hydrogens is 207 g/mol. The van der Waals surface area contributed by atoms with Gasteiger partial charge >= 0.3 is 0 Å². The van der Waals surface area contributed by atoms with Crippen molar-refractivity contribution in [3.8, 4) is 0 Å². The van der Waals surface area contributed by atoms with Gasteiger partial charge in [-0.3, -0.25) is 4.79 Å². The summed E-state index contributed by atoms with van der Waals surface area (Å²) in [6.07, 6.45) is 0. The first kappa shape index (κ1) is 12.4. The number of halogens is 1. The average Bonchev–Trinajstić information content (AvgIpc) is 2.17. The molecule has 1 aromatic rings. The van der Waals surface area contributed by atoms with Gasteiger partial charge in [0.2, 0.25) is 0 Å². The van der Waals surface area contributed by atoms with Gasteiger partial charge in [0, 0.05) is 11.3 Å². The third-order valence-corrected chi connectivity index (χ3v) is 2.47. The van der Waals surface area contributed by atoms with Gasteiger partial charge in [0.15, 0.2) is 0 Å². The van der Waals surface area contributed by atoms with E-state index < -0.39 is 5.54 Å². The van der Waals surface area contributed by atoms with Gasteiger partial charge in [0.1, 0.15) is 5.82 Å². The first-order valence-electron chi connectivity index (χ1n) is 4.96. The quantitative estimate of drug-likeness (QED) is 0.758. The van der Waals surface area contributed by atoms with Crippen molar-refractivity contribution in [2.75, 3.05) is 0 Å². The Kier molecular flexibility index (Phi) is 3.42. The van der Waals surface area contributed by atoms with Gasteiger partial charge in [0.25, 0.3) is 5.91 Å². The lowest BCUT2D eigenvalue weighted by atomic mass is 9.99. The minimum absolute atomic E-state index is 0.309. The van der Waals surface area contributed by atoms with Crippen LogP contribution in [0.4, 0.5) is 4.39 Å². The Morgan fingerprint density at radius 3 is 2.25 bits per heavy atom. The molecule has 1 rings (SSSR count). The van der Waals surface area contributed by atoms with Crippen LogP contribution in [0.2, 0.25) is 0 Å². The normalized spacial score (nSPS) is 11.0. The summed E-state index contributed by atoms with van der Waals surface area (Å²) in [6, 6.07) is 5.30. The van der Waals surface area contributed by atoms with Crippen molar-refractivity contribution >= 4 is 11.6 Å². The zero-order valence-corrected chi connectivity index (χ0v) is 9.60. The van der Waals surface area contributed by atoms with E-state index in [0.29, 0.717) is 11.3 Å². The van der Waals surface area contributed by atoms with Crippen LogP contribution in [0.5, 0.6) is 0 Å². The molecule has 0 saturated heterocycles. The first-order chi connectivity index (χ1) is 7.33. The second-order valence-electron chi connectivity index (χ2n) is 4.21. The van der Waals surface area contributed by atoms with E-state index >= 15 is 0 Å². The zero-order chi connectivity index (χ0) is 12.3. The Morgan fingerprint density at radius 1 is 1.31 bits per heavy atom. The summed E-state index contributed by atoms with van der Waals surface area (Å²) in [5.74, 6) is -0.685. The van der Waals surface area contributed by atoms with Crippen LogP contribution in [-0.4, -0.2) is 17.2 Å². The molecule has 0 atom stereocenters. The molecule has 3 nitrogen and oxygen atoms in total. The van der Waals surface area contributed by atoms with E-state index in [2.05, 4.69) is 5.32 Å². The number of hydrogen-bond donors (Lipinski definition) is 2. The van der Waals surface area contributed by atoms with Gasteiger partial charge < -0.3 is 10.7 Å². The van der Waals surface area contributed by atoms with Crippen LogP contribution in [0.3, 0.4) is 0 Å². The lowest BCUT2D eigenvalue weighted by Crippen LogP contribution is -2.48. The molecule has 2 N–H and O–H groups in total. The molecule has 86 valence electrons. The minimum atomic E-state index is -0.689.